The Hall–Kier alpha value is -2.80. The van der Waals surface area contributed by atoms with Crippen LogP contribution in [0.5, 0.6) is 5.88 Å². The molecular formula is C27H31ClN6O2S. The van der Waals surface area contributed by atoms with E-state index >= 15 is 0 Å². The van der Waals surface area contributed by atoms with Gasteiger partial charge in [0.1, 0.15) is 17.8 Å². The average Bonchev–Trinajstić information content (AvgIpc) is 3.10. The number of hydrogen-bond acceptors (Lipinski definition) is 6. The van der Waals surface area contributed by atoms with Crippen molar-refractivity contribution >= 4 is 52.0 Å². The van der Waals surface area contributed by atoms with Gasteiger partial charge in [0, 0.05) is 19.2 Å². The predicted octanol–water partition coefficient (Wildman–Crippen LogP) is 5.63. The van der Waals surface area contributed by atoms with E-state index < -0.39 is 5.54 Å². The molecule has 4 heterocycles. The van der Waals surface area contributed by atoms with Crippen LogP contribution in [0.25, 0.3) is 4.85 Å². The van der Waals surface area contributed by atoms with Crippen LogP contribution in [0.1, 0.15) is 52.4 Å². The summed E-state index contributed by atoms with van der Waals surface area (Å²) in [5.41, 5.74) is 0.497. The maximum atomic E-state index is 13.6. The third kappa shape index (κ3) is 4.90. The maximum Gasteiger partial charge on any atom is 0.288 e. The van der Waals surface area contributed by atoms with Crippen LogP contribution in [0.4, 0.5) is 17.2 Å². The van der Waals surface area contributed by atoms with Crippen molar-refractivity contribution < 1.29 is 9.53 Å². The Kier molecular flexibility index (Phi) is 7.35. The van der Waals surface area contributed by atoms with Gasteiger partial charge in [-0.15, -0.1) is 4.98 Å². The van der Waals surface area contributed by atoms with Gasteiger partial charge in [0.25, 0.3) is 11.7 Å². The number of nitrogens with zero attached hydrogens (tertiary/aromatic N) is 6. The molecule has 37 heavy (non-hydrogen) atoms. The van der Waals surface area contributed by atoms with Crippen LogP contribution in [-0.4, -0.2) is 57.2 Å². The lowest BCUT2D eigenvalue weighted by Crippen LogP contribution is -2.55. The molecular weight excluding hydrogens is 508 g/mol. The summed E-state index contributed by atoms with van der Waals surface area (Å²) in [4.78, 5) is 31.5. The lowest BCUT2D eigenvalue weighted by atomic mass is 9.75. The molecule has 1 spiro atoms. The number of rotatable bonds is 7. The number of piperidine rings is 1. The molecule has 1 saturated carbocycles. The average molecular weight is 539 g/mol. The van der Waals surface area contributed by atoms with E-state index in [-0.39, 0.29) is 22.9 Å². The monoisotopic (exact) mass is 538 g/mol. The van der Waals surface area contributed by atoms with Crippen LogP contribution in [0.3, 0.4) is 0 Å². The van der Waals surface area contributed by atoms with Gasteiger partial charge in [0.2, 0.25) is 5.88 Å². The first-order valence-corrected chi connectivity index (χ1v) is 13.7. The van der Waals surface area contributed by atoms with Crippen molar-refractivity contribution in [1.82, 2.24) is 14.9 Å². The van der Waals surface area contributed by atoms with E-state index in [4.69, 9.17) is 35.1 Å². The van der Waals surface area contributed by atoms with E-state index in [0.29, 0.717) is 29.5 Å². The van der Waals surface area contributed by atoms with Crippen molar-refractivity contribution in [3.63, 3.8) is 0 Å². The standard InChI is InChI=1S/C27H31ClN6O2S/c1-18(2)7-12-32-13-8-21(9-14-32)36-23-6-5-19(16-30-23)34-26(37)33(25(35)27(34)10-4-11-27)20-15-22(28)24(29-3)31-17-20/h5-6,15-18,21H,4,7-14H2,1-2H3. The van der Waals surface area contributed by atoms with Gasteiger partial charge in [0.05, 0.1) is 22.6 Å². The summed E-state index contributed by atoms with van der Waals surface area (Å²) in [5.74, 6) is 1.31. The lowest BCUT2D eigenvalue weighted by Gasteiger charge is -2.42. The van der Waals surface area contributed by atoms with Gasteiger partial charge in [-0.1, -0.05) is 32.0 Å². The number of anilines is 2. The fourth-order valence-corrected chi connectivity index (χ4v) is 5.94. The largest absolute Gasteiger partial charge is 0.474 e. The highest BCUT2D eigenvalue weighted by molar-refractivity contribution is 7.81. The molecule has 2 aromatic heterocycles. The lowest BCUT2D eigenvalue weighted by molar-refractivity contribution is -0.123. The number of carbonyl (C=O) groups is 1. The van der Waals surface area contributed by atoms with Crippen molar-refractivity contribution in [3.8, 4) is 5.88 Å². The van der Waals surface area contributed by atoms with E-state index in [2.05, 4.69) is 33.6 Å². The fraction of sp³-hybridized carbons (Fsp3) is 0.519. The first-order valence-electron chi connectivity index (χ1n) is 12.9. The SMILES string of the molecule is [C-]#[N+]c1ncc(N2C(=O)C3(CCC3)N(c3ccc(OC4CCN(CCC(C)C)CC4)nc3)C2=S)cc1Cl. The highest BCUT2D eigenvalue weighted by Crippen LogP contribution is 2.48. The third-order valence-corrected chi connectivity index (χ3v) is 8.23. The van der Waals surface area contributed by atoms with Crippen LogP contribution in [0.2, 0.25) is 5.02 Å². The van der Waals surface area contributed by atoms with Crippen LogP contribution in [-0.2, 0) is 4.79 Å². The molecule has 0 atom stereocenters. The normalized spacial score (nSPS) is 20.0. The Morgan fingerprint density at radius 2 is 1.95 bits per heavy atom. The summed E-state index contributed by atoms with van der Waals surface area (Å²) in [6.45, 7) is 15.0. The van der Waals surface area contributed by atoms with Crippen LogP contribution < -0.4 is 14.5 Å². The van der Waals surface area contributed by atoms with Gasteiger partial charge in [-0.3, -0.25) is 9.69 Å². The molecule has 5 rings (SSSR count). The molecule has 3 fully saturated rings. The zero-order valence-electron chi connectivity index (χ0n) is 21.2. The van der Waals surface area contributed by atoms with Crippen molar-refractivity contribution in [1.29, 1.82) is 0 Å². The number of likely N-dealkylation sites (tertiary alicyclic amines) is 1. The van der Waals surface area contributed by atoms with Crippen molar-refractivity contribution in [2.45, 2.75) is 64.0 Å². The summed E-state index contributed by atoms with van der Waals surface area (Å²) in [6.07, 6.45) is 8.94. The van der Waals surface area contributed by atoms with Crippen molar-refractivity contribution in [2.75, 3.05) is 29.4 Å². The predicted molar refractivity (Wildman–Crippen MR) is 148 cm³/mol. The molecule has 194 valence electrons. The fourth-order valence-electron chi connectivity index (χ4n) is 5.27. The van der Waals surface area contributed by atoms with E-state index in [9.17, 15) is 4.79 Å². The first-order chi connectivity index (χ1) is 17.8. The summed E-state index contributed by atoms with van der Waals surface area (Å²) in [5, 5.41) is 0.556. The highest BCUT2D eigenvalue weighted by Gasteiger charge is 2.59. The number of thiocarbonyl (C=S) groups is 1. The van der Waals surface area contributed by atoms with Gasteiger partial charge in [-0.2, -0.15) is 0 Å². The number of halogens is 1. The van der Waals surface area contributed by atoms with E-state index in [1.165, 1.54) is 17.5 Å². The first kappa shape index (κ1) is 25.8. The molecule has 8 nitrogen and oxygen atoms in total. The minimum absolute atomic E-state index is 0.0956. The number of hydrogen-bond donors (Lipinski definition) is 0. The topological polar surface area (TPSA) is 66.2 Å². The van der Waals surface area contributed by atoms with Gasteiger partial charge < -0.3 is 19.4 Å². The molecule has 0 radical (unpaired) electrons. The summed E-state index contributed by atoms with van der Waals surface area (Å²) >= 11 is 12.0. The van der Waals surface area contributed by atoms with E-state index in [0.717, 1.165) is 50.5 Å². The quantitative estimate of drug-likeness (QED) is 0.334. The Morgan fingerprint density at radius 1 is 1.22 bits per heavy atom. The number of amides is 1. The second-order valence-corrected chi connectivity index (χ2v) is 11.2. The zero-order chi connectivity index (χ0) is 26.2. The molecule has 1 amide bonds. The van der Waals surface area contributed by atoms with E-state index in [1.54, 1.807) is 12.3 Å². The Bertz CT molecular complexity index is 1220. The zero-order valence-corrected chi connectivity index (χ0v) is 22.8. The molecule has 2 aliphatic heterocycles. The van der Waals surface area contributed by atoms with Gasteiger partial charge in [-0.05, 0) is 75.3 Å². The smallest absolute Gasteiger partial charge is 0.288 e. The van der Waals surface area contributed by atoms with Gasteiger partial charge >= 0.3 is 0 Å². The molecule has 3 aliphatic rings. The second-order valence-electron chi connectivity index (χ2n) is 10.5. The summed E-state index contributed by atoms with van der Waals surface area (Å²) in [7, 11) is 0. The molecule has 2 aromatic rings. The molecule has 1 aliphatic carbocycles. The Labute approximate surface area is 228 Å². The number of carbonyl (C=O) groups excluding carboxylic acids is 1. The summed E-state index contributed by atoms with van der Waals surface area (Å²) < 4.78 is 6.20. The Balaban J connectivity index is 1.29. The number of aromatic nitrogens is 2. The van der Waals surface area contributed by atoms with Gasteiger partial charge in [-0.25, -0.2) is 4.98 Å². The van der Waals surface area contributed by atoms with Crippen molar-refractivity contribution in [3.05, 3.63) is 47.0 Å². The minimum Gasteiger partial charge on any atom is -0.474 e. The number of ether oxygens (including phenoxy) is 1. The maximum absolute atomic E-state index is 13.6. The highest BCUT2D eigenvalue weighted by atomic mass is 35.5. The molecule has 10 heteroatoms. The van der Waals surface area contributed by atoms with Crippen LogP contribution >= 0.6 is 23.8 Å². The van der Waals surface area contributed by atoms with E-state index in [1.807, 2.05) is 17.0 Å². The molecule has 0 aromatic carbocycles. The van der Waals surface area contributed by atoms with Crippen LogP contribution in [0, 0.1) is 12.5 Å². The molecule has 0 unspecified atom stereocenters. The second kappa shape index (κ2) is 10.5. The molecule has 0 bridgehead atoms. The molecule has 0 N–H and O–H groups in total. The van der Waals surface area contributed by atoms with Crippen LogP contribution in [0.15, 0.2) is 30.6 Å². The summed E-state index contributed by atoms with van der Waals surface area (Å²) in [6, 6.07) is 5.37. The van der Waals surface area contributed by atoms with Crippen molar-refractivity contribution in [2.24, 2.45) is 5.92 Å². The Morgan fingerprint density at radius 3 is 2.51 bits per heavy atom. The third-order valence-electron chi connectivity index (χ3n) is 7.59. The number of pyridine rings is 2. The minimum atomic E-state index is -0.727. The molecule has 2 saturated heterocycles. The van der Waals surface area contributed by atoms with Gasteiger partial charge in [0.15, 0.2) is 5.11 Å².